The Kier molecular flexibility index (Phi) is 6.65. The summed E-state index contributed by atoms with van der Waals surface area (Å²) in [6, 6.07) is 1.40. The lowest BCUT2D eigenvalue weighted by Crippen LogP contribution is -2.50. The van der Waals surface area contributed by atoms with Crippen molar-refractivity contribution in [3.8, 4) is 0 Å². The van der Waals surface area contributed by atoms with Gasteiger partial charge in [-0.2, -0.15) is 0 Å². The molecule has 0 saturated heterocycles. The lowest BCUT2D eigenvalue weighted by Gasteiger charge is -2.26. The van der Waals surface area contributed by atoms with Crippen LogP contribution in [0.2, 0.25) is 0 Å². The first-order valence-corrected chi connectivity index (χ1v) is 10.3. The zero-order valence-electron chi connectivity index (χ0n) is 16.5. The van der Waals surface area contributed by atoms with E-state index in [0.29, 0.717) is 11.1 Å². The van der Waals surface area contributed by atoms with Crippen LogP contribution in [-0.2, 0) is 24.3 Å². The molecule has 0 fully saturated rings. The SMILES string of the molecule is CCOC(=O)C1=C(COC(=O)c2cc(C)c(C)c(S(N)(=O)=O)c2)NC(=O)NC1C. The van der Waals surface area contributed by atoms with E-state index in [2.05, 4.69) is 10.6 Å². The first-order valence-electron chi connectivity index (χ1n) is 8.74. The quantitative estimate of drug-likeness (QED) is 0.565. The van der Waals surface area contributed by atoms with E-state index in [1.54, 1.807) is 27.7 Å². The van der Waals surface area contributed by atoms with Gasteiger partial charge in [-0.05, 0) is 51.0 Å². The Morgan fingerprint density at radius 1 is 1.17 bits per heavy atom. The molecule has 11 heteroatoms. The number of benzene rings is 1. The third-order valence-corrected chi connectivity index (χ3v) is 5.41. The second-order valence-electron chi connectivity index (χ2n) is 6.47. The van der Waals surface area contributed by atoms with Crippen molar-refractivity contribution < 1.29 is 32.3 Å². The highest BCUT2D eigenvalue weighted by molar-refractivity contribution is 7.89. The summed E-state index contributed by atoms with van der Waals surface area (Å²) in [6.45, 7) is 6.16. The number of rotatable bonds is 6. The third-order valence-electron chi connectivity index (χ3n) is 4.38. The van der Waals surface area contributed by atoms with Gasteiger partial charge in [-0.1, -0.05) is 0 Å². The molecular weight excluding hydrogens is 402 g/mol. The molecule has 4 N–H and O–H groups in total. The van der Waals surface area contributed by atoms with Gasteiger partial charge in [-0.25, -0.2) is 27.9 Å². The van der Waals surface area contributed by atoms with Crippen molar-refractivity contribution in [3.05, 3.63) is 40.1 Å². The van der Waals surface area contributed by atoms with Crippen molar-refractivity contribution in [2.75, 3.05) is 13.2 Å². The van der Waals surface area contributed by atoms with Crippen molar-refractivity contribution in [1.29, 1.82) is 0 Å². The molecule has 0 aliphatic carbocycles. The highest BCUT2D eigenvalue weighted by Gasteiger charge is 2.30. The molecule has 29 heavy (non-hydrogen) atoms. The van der Waals surface area contributed by atoms with Gasteiger partial charge in [0.25, 0.3) is 0 Å². The van der Waals surface area contributed by atoms with Gasteiger partial charge in [-0.15, -0.1) is 0 Å². The number of carbonyl (C=O) groups excluding carboxylic acids is 3. The maximum absolute atomic E-state index is 12.5. The standard InChI is InChI=1S/C18H23N3O7S/c1-5-27-17(23)15-11(4)20-18(24)21-13(15)8-28-16(22)12-6-9(2)10(3)14(7-12)29(19,25)26/h6-7,11H,5,8H2,1-4H3,(H2,19,25,26)(H2,20,21,24). The van der Waals surface area contributed by atoms with Gasteiger partial charge in [0.15, 0.2) is 0 Å². The minimum absolute atomic E-state index is 0.0243. The molecule has 158 valence electrons. The second kappa shape index (κ2) is 8.62. The predicted molar refractivity (Wildman–Crippen MR) is 102 cm³/mol. The maximum atomic E-state index is 12.5. The number of carbonyl (C=O) groups is 3. The summed E-state index contributed by atoms with van der Waals surface area (Å²) in [6.07, 6.45) is 0. The Morgan fingerprint density at radius 2 is 1.83 bits per heavy atom. The van der Waals surface area contributed by atoms with Crippen LogP contribution in [0, 0.1) is 13.8 Å². The first kappa shape index (κ1) is 22.4. The topological polar surface area (TPSA) is 154 Å². The van der Waals surface area contributed by atoms with E-state index in [0.717, 1.165) is 6.07 Å². The number of hydrogen-bond acceptors (Lipinski definition) is 7. The Labute approximate surface area is 168 Å². The molecule has 0 aromatic heterocycles. The van der Waals surface area contributed by atoms with Crippen LogP contribution in [0.5, 0.6) is 0 Å². The molecule has 1 atom stereocenters. The molecule has 1 heterocycles. The van der Waals surface area contributed by atoms with Gasteiger partial charge in [0.2, 0.25) is 10.0 Å². The van der Waals surface area contributed by atoms with Crippen LogP contribution in [0.1, 0.15) is 35.3 Å². The van der Waals surface area contributed by atoms with Crippen LogP contribution in [0.4, 0.5) is 4.79 Å². The van der Waals surface area contributed by atoms with E-state index in [4.69, 9.17) is 14.6 Å². The molecule has 1 aromatic rings. The van der Waals surface area contributed by atoms with Crippen molar-refractivity contribution in [2.24, 2.45) is 5.14 Å². The van der Waals surface area contributed by atoms with Gasteiger partial charge in [0, 0.05) is 0 Å². The van der Waals surface area contributed by atoms with Gasteiger partial charge >= 0.3 is 18.0 Å². The second-order valence-corrected chi connectivity index (χ2v) is 8.00. The zero-order chi connectivity index (χ0) is 21.9. The molecule has 1 unspecified atom stereocenters. The van der Waals surface area contributed by atoms with Crippen LogP contribution in [-0.4, -0.2) is 45.6 Å². The van der Waals surface area contributed by atoms with Crippen LogP contribution >= 0.6 is 0 Å². The minimum Gasteiger partial charge on any atom is -0.463 e. The van der Waals surface area contributed by atoms with E-state index >= 15 is 0 Å². The number of amides is 2. The van der Waals surface area contributed by atoms with Gasteiger partial charge < -0.3 is 20.1 Å². The molecule has 1 aliphatic heterocycles. The molecule has 2 amide bonds. The summed E-state index contributed by atoms with van der Waals surface area (Å²) >= 11 is 0. The van der Waals surface area contributed by atoms with Gasteiger partial charge in [-0.3, -0.25) is 0 Å². The maximum Gasteiger partial charge on any atom is 0.338 e. The number of nitrogens with one attached hydrogen (secondary N) is 2. The van der Waals surface area contributed by atoms with Crippen molar-refractivity contribution in [3.63, 3.8) is 0 Å². The molecule has 10 nitrogen and oxygen atoms in total. The summed E-state index contributed by atoms with van der Waals surface area (Å²) in [5.41, 5.74) is 1.16. The molecule has 1 aromatic carbocycles. The Bertz CT molecular complexity index is 999. The average molecular weight is 425 g/mol. The minimum atomic E-state index is -4.03. The number of sulfonamides is 1. The molecule has 1 aliphatic rings. The monoisotopic (exact) mass is 425 g/mol. The van der Waals surface area contributed by atoms with E-state index in [1.165, 1.54) is 6.07 Å². The number of ether oxygens (including phenoxy) is 2. The molecule has 0 bridgehead atoms. The average Bonchev–Trinajstić information content (AvgIpc) is 2.60. The number of hydrogen-bond donors (Lipinski definition) is 3. The summed E-state index contributed by atoms with van der Waals surface area (Å²) in [5.74, 6) is -1.49. The Morgan fingerprint density at radius 3 is 2.41 bits per heavy atom. The lowest BCUT2D eigenvalue weighted by atomic mass is 10.0. The largest absolute Gasteiger partial charge is 0.463 e. The van der Waals surface area contributed by atoms with Crippen LogP contribution < -0.4 is 15.8 Å². The summed E-state index contributed by atoms with van der Waals surface area (Å²) in [7, 11) is -4.03. The normalized spacial score (nSPS) is 16.7. The third kappa shape index (κ3) is 5.12. The van der Waals surface area contributed by atoms with Crippen molar-refractivity contribution in [1.82, 2.24) is 10.6 Å². The Balaban J connectivity index is 2.31. The van der Waals surface area contributed by atoms with Gasteiger partial charge in [0.05, 0.1) is 34.4 Å². The number of aryl methyl sites for hydroxylation is 1. The molecule has 0 radical (unpaired) electrons. The fourth-order valence-electron chi connectivity index (χ4n) is 2.85. The molecule has 0 spiro atoms. The van der Waals surface area contributed by atoms with Crippen LogP contribution in [0.3, 0.4) is 0 Å². The highest BCUT2D eigenvalue weighted by atomic mass is 32.2. The molecule has 2 rings (SSSR count). The van der Waals surface area contributed by atoms with E-state index < -0.39 is 40.6 Å². The van der Waals surface area contributed by atoms with E-state index in [1.807, 2.05) is 0 Å². The number of nitrogens with two attached hydrogens (primary N) is 1. The number of primary sulfonamides is 1. The fourth-order valence-corrected chi connectivity index (χ4v) is 3.73. The predicted octanol–water partition coefficient (Wildman–Crippen LogP) is 0.626. The van der Waals surface area contributed by atoms with E-state index in [9.17, 15) is 22.8 Å². The number of urea groups is 1. The summed E-state index contributed by atoms with van der Waals surface area (Å²) < 4.78 is 33.7. The summed E-state index contributed by atoms with van der Waals surface area (Å²) in [5, 5.41) is 10.2. The molecular formula is C18H23N3O7S. The van der Waals surface area contributed by atoms with Gasteiger partial charge in [0.1, 0.15) is 6.61 Å². The molecule has 0 saturated carbocycles. The van der Waals surface area contributed by atoms with Crippen LogP contribution in [0.25, 0.3) is 0 Å². The highest BCUT2D eigenvalue weighted by Crippen LogP contribution is 2.21. The lowest BCUT2D eigenvalue weighted by molar-refractivity contribution is -0.139. The fraction of sp³-hybridized carbons (Fsp3) is 0.389. The van der Waals surface area contributed by atoms with Crippen LogP contribution in [0.15, 0.2) is 28.3 Å². The summed E-state index contributed by atoms with van der Waals surface area (Å²) in [4.78, 5) is 36.2. The van der Waals surface area contributed by atoms with E-state index in [-0.39, 0.29) is 28.3 Å². The Hall–Kier alpha value is -2.92. The van der Waals surface area contributed by atoms with Crippen molar-refractivity contribution >= 4 is 28.0 Å². The number of esters is 2. The zero-order valence-corrected chi connectivity index (χ0v) is 17.3. The van der Waals surface area contributed by atoms with Crippen molar-refractivity contribution in [2.45, 2.75) is 38.6 Å². The first-order chi connectivity index (χ1) is 13.5. The smallest absolute Gasteiger partial charge is 0.338 e.